The van der Waals surface area contributed by atoms with Crippen LogP contribution in [0.1, 0.15) is 33.6 Å². The monoisotopic (exact) mass is 171 g/mol. The molecule has 0 aromatic rings. The van der Waals surface area contributed by atoms with Crippen LogP contribution in [0.25, 0.3) is 0 Å². The van der Waals surface area contributed by atoms with E-state index in [4.69, 9.17) is 10.5 Å². The molecule has 0 aromatic carbocycles. The fourth-order valence-electron chi connectivity index (χ4n) is 1.43. The van der Waals surface area contributed by atoms with E-state index >= 15 is 0 Å². The molecule has 1 fully saturated rings. The molecule has 12 heavy (non-hydrogen) atoms. The summed E-state index contributed by atoms with van der Waals surface area (Å²) < 4.78 is 5.48. The Morgan fingerprint density at radius 3 is 2.33 bits per heavy atom. The van der Waals surface area contributed by atoms with Gasteiger partial charge in [-0.05, 0) is 38.5 Å². The van der Waals surface area contributed by atoms with Gasteiger partial charge in [0.25, 0.3) is 0 Å². The summed E-state index contributed by atoms with van der Waals surface area (Å²) >= 11 is 0. The Morgan fingerprint density at radius 1 is 1.33 bits per heavy atom. The molecule has 2 N–H and O–H groups in total. The average Bonchev–Trinajstić information content (AvgIpc) is 2.80. The topological polar surface area (TPSA) is 35.2 Å². The fraction of sp³-hybridized carbons (Fsp3) is 1.00. The molecule has 72 valence electrons. The van der Waals surface area contributed by atoms with Gasteiger partial charge < -0.3 is 10.5 Å². The standard InChI is InChI=1S/C10H21NO/c1-7(2)12-6-10(11)8(3)9-4-5-9/h7-10H,4-6,11H2,1-3H3. The molecule has 0 radical (unpaired) electrons. The lowest BCUT2D eigenvalue weighted by molar-refractivity contribution is 0.0567. The van der Waals surface area contributed by atoms with E-state index in [9.17, 15) is 0 Å². The van der Waals surface area contributed by atoms with Crippen molar-refractivity contribution in [1.82, 2.24) is 0 Å². The zero-order chi connectivity index (χ0) is 9.14. The summed E-state index contributed by atoms with van der Waals surface area (Å²) in [5, 5.41) is 0. The van der Waals surface area contributed by atoms with Crippen LogP contribution in [-0.4, -0.2) is 18.8 Å². The highest BCUT2D eigenvalue weighted by atomic mass is 16.5. The lowest BCUT2D eigenvalue weighted by Gasteiger charge is -2.20. The Bertz CT molecular complexity index is 132. The van der Waals surface area contributed by atoms with Gasteiger partial charge in [-0.3, -0.25) is 0 Å². The first-order valence-electron chi connectivity index (χ1n) is 4.98. The number of ether oxygens (including phenoxy) is 1. The van der Waals surface area contributed by atoms with Gasteiger partial charge in [0.05, 0.1) is 12.7 Å². The zero-order valence-corrected chi connectivity index (χ0v) is 8.42. The van der Waals surface area contributed by atoms with E-state index in [2.05, 4.69) is 20.8 Å². The maximum atomic E-state index is 5.98. The molecule has 1 aliphatic carbocycles. The molecule has 0 heterocycles. The normalized spacial score (nSPS) is 22.8. The molecule has 1 aliphatic rings. The van der Waals surface area contributed by atoms with E-state index in [-0.39, 0.29) is 6.04 Å². The Morgan fingerprint density at radius 2 is 1.92 bits per heavy atom. The molecule has 2 unspecified atom stereocenters. The molecule has 0 bridgehead atoms. The largest absolute Gasteiger partial charge is 0.377 e. The minimum Gasteiger partial charge on any atom is -0.377 e. The molecule has 1 rings (SSSR count). The summed E-state index contributed by atoms with van der Waals surface area (Å²) in [6.45, 7) is 7.06. The zero-order valence-electron chi connectivity index (χ0n) is 8.42. The van der Waals surface area contributed by atoms with Gasteiger partial charge in [0.15, 0.2) is 0 Å². The maximum Gasteiger partial charge on any atom is 0.0623 e. The summed E-state index contributed by atoms with van der Waals surface area (Å²) in [5.41, 5.74) is 5.98. The van der Waals surface area contributed by atoms with Gasteiger partial charge >= 0.3 is 0 Å². The van der Waals surface area contributed by atoms with Crippen molar-refractivity contribution >= 4 is 0 Å². The second-order valence-electron chi connectivity index (χ2n) is 4.24. The van der Waals surface area contributed by atoms with E-state index < -0.39 is 0 Å². The third-order valence-electron chi connectivity index (χ3n) is 2.66. The molecule has 0 aromatic heterocycles. The van der Waals surface area contributed by atoms with E-state index in [1.807, 2.05) is 0 Å². The summed E-state index contributed by atoms with van der Waals surface area (Å²) in [6.07, 6.45) is 3.05. The van der Waals surface area contributed by atoms with Crippen LogP contribution in [0.3, 0.4) is 0 Å². The Hall–Kier alpha value is -0.0800. The minimum absolute atomic E-state index is 0.236. The van der Waals surface area contributed by atoms with Crippen LogP contribution in [0.4, 0.5) is 0 Å². The highest BCUT2D eigenvalue weighted by molar-refractivity contribution is 4.84. The molecule has 0 amide bonds. The Kier molecular flexibility index (Phi) is 3.53. The van der Waals surface area contributed by atoms with E-state index in [1.54, 1.807) is 0 Å². The van der Waals surface area contributed by atoms with Crippen LogP contribution in [-0.2, 0) is 4.74 Å². The quantitative estimate of drug-likeness (QED) is 0.684. The molecule has 0 spiro atoms. The molecule has 2 nitrogen and oxygen atoms in total. The first-order valence-corrected chi connectivity index (χ1v) is 4.98. The molecule has 0 aliphatic heterocycles. The van der Waals surface area contributed by atoms with Gasteiger partial charge in [0, 0.05) is 6.04 Å². The van der Waals surface area contributed by atoms with Crippen LogP contribution in [0.2, 0.25) is 0 Å². The maximum absolute atomic E-state index is 5.98. The average molecular weight is 171 g/mol. The lowest BCUT2D eigenvalue weighted by atomic mass is 9.98. The van der Waals surface area contributed by atoms with Crippen LogP contribution in [0, 0.1) is 11.8 Å². The molecule has 2 heteroatoms. The smallest absolute Gasteiger partial charge is 0.0623 e. The minimum atomic E-state index is 0.236. The molecular weight excluding hydrogens is 150 g/mol. The molecular formula is C10H21NO. The van der Waals surface area contributed by atoms with Crippen molar-refractivity contribution in [3.63, 3.8) is 0 Å². The third-order valence-corrected chi connectivity index (χ3v) is 2.66. The van der Waals surface area contributed by atoms with Gasteiger partial charge in [-0.2, -0.15) is 0 Å². The van der Waals surface area contributed by atoms with Crippen molar-refractivity contribution in [2.75, 3.05) is 6.61 Å². The van der Waals surface area contributed by atoms with Crippen LogP contribution in [0.15, 0.2) is 0 Å². The van der Waals surface area contributed by atoms with Crippen molar-refractivity contribution in [2.45, 2.75) is 45.8 Å². The number of rotatable bonds is 5. The second kappa shape index (κ2) is 4.24. The van der Waals surface area contributed by atoms with E-state index in [0.29, 0.717) is 12.0 Å². The van der Waals surface area contributed by atoms with Gasteiger partial charge in [-0.1, -0.05) is 6.92 Å². The third kappa shape index (κ3) is 3.11. The van der Waals surface area contributed by atoms with Crippen molar-refractivity contribution in [1.29, 1.82) is 0 Å². The Balaban J connectivity index is 2.13. The van der Waals surface area contributed by atoms with E-state index in [0.717, 1.165) is 12.5 Å². The van der Waals surface area contributed by atoms with Gasteiger partial charge in [-0.15, -0.1) is 0 Å². The van der Waals surface area contributed by atoms with Crippen LogP contribution >= 0.6 is 0 Å². The van der Waals surface area contributed by atoms with Crippen LogP contribution in [0.5, 0.6) is 0 Å². The van der Waals surface area contributed by atoms with Crippen LogP contribution < -0.4 is 5.73 Å². The predicted molar refractivity (Wildman–Crippen MR) is 51.0 cm³/mol. The second-order valence-corrected chi connectivity index (χ2v) is 4.24. The van der Waals surface area contributed by atoms with Crippen molar-refractivity contribution in [2.24, 2.45) is 17.6 Å². The molecule has 1 saturated carbocycles. The lowest BCUT2D eigenvalue weighted by Crippen LogP contribution is -2.35. The van der Waals surface area contributed by atoms with Gasteiger partial charge in [-0.25, -0.2) is 0 Å². The van der Waals surface area contributed by atoms with Gasteiger partial charge in [0.2, 0.25) is 0 Å². The van der Waals surface area contributed by atoms with Crippen molar-refractivity contribution < 1.29 is 4.74 Å². The summed E-state index contributed by atoms with van der Waals surface area (Å²) in [6, 6.07) is 0.236. The summed E-state index contributed by atoms with van der Waals surface area (Å²) in [4.78, 5) is 0. The number of hydrogen-bond donors (Lipinski definition) is 1. The summed E-state index contributed by atoms with van der Waals surface area (Å²) in [7, 11) is 0. The van der Waals surface area contributed by atoms with Gasteiger partial charge in [0.1, 0.15) is 0 Å². The highest BCUT2D eigenvalue weighted by Crippen LogP contribution is 2.37. The summed E-state index contributed by atoms with van der Waals surface area (Å²) in [5.74, 6) is 1.53. The highest BCUT2D eigenvalue weighted by Gasteiger charge is 2.31. The number of nitrogens with two attached hydrogens (primary N) is 1. The predicted octanol–water partition coefficient (Wildman–Crippen LogP) is 1.78. The van der Waals surface area contributed by atoms with Crippen molar-refractivity contribution in [3.8, 4) is 0 Å². The van der Waals surface area contributed by atoms with Crippen molar-refractivity contribution in [3.05, 3.63) is 0 Å². The Labute approximate surface area is 75.5 Å². The fourth-order valence-corrected chi connectivity index (χ4v) is 1.43. The number of hydrogen-bond acceptors (Lipinski definition) is 2. The molecule has 2 atom stereocenters. The SMILES string of the molecule is CC(C)OCC(N)C(C)C1CC1. The first-order chi connectivity index (χ1) is 5.61. The van der Waals surface area contributed by atoms with E-state index in [1.165, 1.54) is 12.8 Å². The molecule has 0 saturated heterocycles. The first kappa shape index (κ1) is 10.0.